The number of benzene rings is 1. The van der Waals surface area contributed by atoms with E-state index < -0.39 is 17.1 Å². The summed E-state index contributed by atoms with van der Waals surface area (Å²) in [6, 6.07) is 5.24. The molecule has 1 aliphatic carbocycles. The summed E-state index contributed by atoms with van der Waals surface area (Å²) < 4.78 is 14.4. The average Bonchev–Trinajstić information content (AvgIpc) is 2.90. The summed E-state index contributed by atoms with van der Waals surface area (Å²) in [5, 5.41) is 11.8. The third-order valence-electron chi connectivity index (χ3n) is 3.84. The van der Waals surface area contributed by atoms with E-state index in [1.54, 1.807) is 0 Å². The van der Waals surface area contributed by atoms with Crippen LogP contribution in [0.1, 0.15) is 41.6 Å². The maximum absolute atomic E-state index is 14.4. The number of nitrogens with two attached hydrogens (primary N) is 1. The molecule has 2 rings (SSSR count). The molecule has 0 radical (unpaired) electrons. The lowest BCUT2D eigenvalue weighted by atomic mass is 9.79. The summed E-state index contributed by atoms with van der Waals surface area (Å²) in [5.74, 6) is -1.06. The fourth-order valence-electron chi connectivity index (χ4n) is 2.72. The molecule has 0 aliphatic heterocycles. The van der Waals surface area contributed by atoms with Gasteiger partial charge in [-0.1, -0.05) is 18.9 Å². The van der Waals surface area contributed by atoms with Crippen LogP contribution in [0.25, 0.3) is 0 Å². The van der Waals surface area contributed by atoms with Gasteiger partial charge in [0.05, 0.1) is 22.7 Å². The summed E-state index contributed by atoms with van der Waals surface area (Å²) in [5.41, 5.74) is 5.15. The van der Waals surface area contributed by atoms with Gasteiger partial charge in [0.25, 0.3) is 5.91 Å². The smallest absolute Gasteiger partial charge is 0.253 e. The first-order chi connectivity index (χ1) is 9.05. The van der Waals surface area contributed by atoms with Crippen molar-refractivity contribution in [3.63, 3.8) is 0 Å². The molecule has 0 unspecified atom stereocenters. The highest BCUT2D eigenvalue weighted by Gasteiger charge is 2.39. The molecule has 0 saturated heterocycles. The number of nitrogens with zero attached hydrogens (tertiary/aromatic N) is 1. The van der Waals surface area contributed by atoms with Gasteiger partial charge in [-0.25, -0.2) is 4.39 Å². The van der Waals surface area contributed by atoms with Gasteiger partial charge in [-0.15, -0.1) is 0 Å². The quantitative estimate of drug-likeness (QED) is 0.800. The molecule has 19 heavy (non-hydrogen) atoms. The summed E-state index contributed by atoms with van der Waals surface area (Å²) >= 11 is 0. The van der Waals surface area contributed by atoms with Gasteiger partial charge in [0, 0.05) is 12.6 Å². The molecule has 0 spiro atoms. The maximum atomic E-state index is 14.4. The Hall–Kier alpha value is -2.09. The molecule has 1 saturated carbocycles. The molecule has 0 heterocycles. The van der Waals surface area contributed by atoms with Crippen molar-refractivity contribution in [2.75, 3.05) is 12.8 Å². The number of amides is 1. The van der Waals surface area contributed by atoms with Crippen molar-refractivity contribution >= 4 is 11.6 Å². The molecule has 1 fully saturated rings. The van der Waals surface area contributed by atoms with Gasteiger partial charge < -0.3 is 11.1 Å². The monoisotopic (exact) mass is 261 g/mol. The second-order valence-corrected chi connectivity index (χ2v) is 4.87. The second-order valence-electron chi connectivity index (χ2n) is 4.87. The SMILES string of the molecule is CNC(=O)c1ccc(C2(C#N)CCCC2)c(F)c1N. The van der Waals surface area contributed by atoms with Crippen molar-refractivity contribution in [3.8, 4) is 6.07 Å². The van der Waals surface area contributed by atoms with E-state index in [1.165, 1.54) is 19.2 Å². The zero-order chi connectivity index (χ0) is 14.0. The van der Waals surface area contributed by atoms with Crippen molar-refractivity contribution in [1.29, 1.82) is 5.26 Å². The van der Waals surface area contributed by atoms with Crippen LogP contribution in [0.3, 0.4) is 0 Å². The molecule has 0 bridgehead atoms. The largest absolute Gasteiger partial charge is 0.396 e. The highest BCUT2D eigenvalue weighted by Crippen LogP contribution is 2.42. The van der Waals surface area contributed by atoms with Crippen LogP contribution in [0.2, 0.25) is 0 Å². The fourth-order valence-corrected chi connectivity index (χ4v) is 2.72. The topological polar surface area (TPSA) is 78.9 Å². The molecule has 4 nitrogen and oxygen atoms in total. The van der Waals surface area contributed by atoms with Gasteiger partial charge >= 0.3 is 0 Å². The number of hydrogen-bond donors (Lipinski definition) is 2. The minimum absolute atomic E-state index is 0.106. The molecule has 5 heteroatoms. The summed E-state index contributed by atoms with van der Waals surface area (Å²) in [7, 11) is 1.46. The fraction of sp³-hybridized carbons (Fsp3) is 0.429. The standard InChI is InChI=1S/C14H16FN3O/c1-18-13(19)9-4-5-10(11(15)12(9)17)14(8-16)6-2-3-7-14/h4-5H,2-3,6-7,17H2,1H3,(H,18,19). The lowest BCUT2D eigenvalue weighted by Gasteiger charge is -2.22. The number of nitrogen functional groups attached to an aromatic ring is 1. The number of nitriles is 1. The maximum Gasteiger partial charge on any atom is 0.253 e. The Morgan fingerprint density at radius 3 is 2.63 bits per heavy atom. The molecular weight excluding hydrogens is 245 g/mol. The normalized spacial score (nSPS) is 16.9. The number of hydrogen-bond acceptors (Lipinski definition) is 3. The average molecular weight is 261 g/mol. The van der Waals surface area contributed by atoms with Crippen molar-refractivity contribution in [2.45, 2.75) is 31.1 Å². The van der Waals surface area contributed by atoms with E-state index in [-0.39, 0.29) is 11.3 Å². The van der Waals surface area contributed by atoms with Gasteiger partial charge in [0.15, 0.2) is 5.82 Å². The number of anilines is 1. The van der Waals surface area contributed by atoms with Crippen molar-refractivity contribution < 1.29 is 9.18 Å². The van der Waals surface area contributed by atoms with Crippen molar-refractivity contribution in [3.05, 3.63) is 29.1 Å². The first-order valence-electron chi connectivity index (χ1n) is 6.27. The van der Waals surface area contributed by atoms with Crippen molar-refractivity contribution in [2.24, 2.45) is 0 Å². The molecule has 3 N–H and O–H groups in total. The van der Waals surface area contributed by atoms with Crippen LogP contribution in [0, 0.1) is 17.1 Å². The van der Waals surface area contributed by atoms with Gasteiger partial charge in [-0.2, -0.15) is 5.26 Å². The molecule has 0 atom stereocenters. The number of halogens is 1. The van der Waals surface area contributed by atoms with E-state index in [0.717, 1.165) is 12.8 Å². The Balaban J connectivity index is 2.53. The second kappa shape index (κ2) is 4.88. The molecular formula is C14H16FN3O. The Labute approximate surface area is 111 Å². The highest BCUT2D eigenvalue weighted by molar-refractivity contribution is 5.99. The zero-order valence-corrected chi connectivity index (χ0v) is 10.8. The third kappa shape index (κ3) is 2.03. The third-order valence-corrected chi connectivity index (χ3v) is 3.84. The van der Waals surface area contributed by atoms with Gasteiger partial charge in [-0.05, 0) is 18.9 Å². The molecule has 1 aromatic carbocycles. The molecule has 100 valence electrons. The highest BCUT2D eigenvalue weighted by atomic mass is 19.1. The molecule has 1 aromatic rings. The van der Waals surface area contributed by atoms with Crippen LogP contribution in [-0.4, -0.2) is 13.0 Å². The number of carbonyl (C=O) groups is 1. The Bertz CT molecular complexity index is 557. The summed E-state index contributed by atoms with van der Waals surface area (Å²) in [4.78, 5) is 11.5. The van der Waals surface area contributed by atoms with E-state index in [4.69, 9.17) is 5.73 Å². The van der Waals surface area contributed by atoms with E-state index in [9.17, 15) is 14.4 Å². The van der Waals surface area contributed by atoms with E-state index >= 15 is 0 Å². The van der Waals surface area contributed by atoms with E-state index in [1.807, 2.05) is 0 Å². The predicted molar refractivity (Wildman–Crippen MR) is 70.0 cm³/mol. The van der Waals surface area contributed by atoms with Crippen LogP contribution in [0.4, 0.5) is 10.1 Å². The van der Waals surface area contributed by atoms with Crippen LogP contribution in [-0.2, 0) is 5.41 Å². The van der Waals surface area contributed by atoms with Crippen LogP contribution >= 0.6 is 0 Å². The van der Waals surface area contributed by atoms with Gasteiger partial charge in [0.1, 0.15) is 0 Å². The van der Waals surface area contributed by atoms with Gasteiger partial charge in [0.2, 0.25) is 0 Å². The Morgan fingerprint density at radius 2 is 2.11 bits per heavy atom. The number of carbonyl (C=O) groups excluding carboxylic acids is 1. The molecule has 1 amide bonds. The Morgan fingerprint density at radius 1 is 1.47 bits per heavy atom. The first kappa shape index (κ1) is 13.3. The minimum Gasteiger partial charge on any atom is -0.396 e. The van der Waals surface area contributed by atoms with Crippen LogP contribution in [0.15, 0.2) is 12.1 Å². The van der Waals surface area contributed by atoms with Gasteiger partial charge in [-0.3, -0.25) is 4.79 Å². The Kier molecular flexibility index (Phi) is 3.43. The lowest BCUT2D eigenvalue weighted by Crippen LogP contribution is -2.24. The van der Waals surface area contributed by atoms with E-state index in [2.05, 4.69) is 11.4 Å². The van der Waals surface area contributed by atoms with Crippen LogP contribution < -0.4 is 11.1 Å². The molecule has 1 aliphatic rings. The number of nitrogens with one attached hydrogen (secondary N) is 1. The first-order valence-corrected chi connectivity index (χ1v) is 6.27. The predicted octanol–water partition coefficient (Wildman–Crippen LogP) is 2.10. The number of rotatable bonds is 2. The van der Waals surface area contributed by atoms with Crippen molar-refractivity contribution in [1.82, 2.24) is 5.32 Å². The zero-order valence-electron chi connectivity index (χ0n) is 10.8. The summed E-state index contributed by atoms with van der Waals surface area (Å²) in [6.07, 6.45) is 3.09. The van der Waals surface area contributed by atoms with Crippen LogP contribution in [0.5, 0.6) is 0 Å². The minimum atomic E-state index is -0.792. The molecule has 0 aromatic heterocycles. The lowest BCUT2D eigenvalue weighted by molar-refractivity contribution is 0.0963. The summed E-state index contributed by atoms with van der Waals surface area (Å²) in [6.45, 7) is 0. The van der Waals surface area contributed by atoms with E-state index in [0.29, 0.717) is 18.4 Å².